The van der Waals surface area contributed by atoms with Gasteiger partial charge in [0.05, 0.1) is 30.6 Å². The Morgan fingerprint density at radius 2 is 2.04 bits per heavy atom. The van der Waals surface area contributed by atoms with Gasteiger partial charge >= 0.3 is 5.97 Å². The minimum atomic E-state index is -0.992. The van der Waals surface area contributed by atoms with E-state index in [2.05, 4.69) is 53.3 Å². The van der Waals surface area contributed by atoms with Crippen molar-refractivity contribution in [3.63, 3.8) is 0 Å². The van der Waals surface area contributed by atoms with Crippen molar-refractivity contribution in [2.75, 3.05) is 36.5 Å². The van der Waals surface area contributed by atoms with Gasteiger partial charge in [-0.1, -0.05) is 26.0 Å². The van der Waals surface area contributed by atoms with Gasteiger partial charge in [-0.3, -0.25) is 0 Å². The van der Waals surface area contributed by atoms with Crippen LogP contribution < -0.4 is 10.2 Å². The number of ether oxygens (including phenoxy) is 1. The van der Waals surface area contributed by atoms with Gasteiger partial charge < -0.3 is 20.1 Å². The number of hydrogen-bond donors (Lipinski definition) is 2. The van der Waals surface area contributed by atoms with Crippen LogP contribution in [0.2, 0.25) is 0 Å². The van der Waals surface area contributed by atoms with Gasteiger partial charge in [-0.25, -0.2) is 9.78 Å². The van der Waals surface area contributed by atoms with Crippen LogP contribution in [-0.4, -0.2) is 42.4 Å². The summed E-state index contributed by atoms with van der Waals surface area (Å²) in [5, 5.41) is 12.8. The quantitative estimate of drug-likeness (QED) is 0.865. The molecule has 4 rings (SSSR count). The van der Waals surface area contributed by atoms with Crippen LogP contribution in [0, 0.1) is 0 Å². The average molecular weight is 367 g/mol. The Bertz CT molecular complexity index is 860. The molecule has 0 spiro atoms. The van der Waals surface area contributed by atoms with Crippen molar-refractivity contribution in [3.8, 4) is 0 Å². The van der Waals surface area contributed by atoms with E-state index < -0.39 is 5.97 Å². The van der Waals surface area contributed by atoms with Gasteiger partial charge in [0.15, 0.2) is 0 Å². The lowest BCUT2D eigenvalue weighted by Gasteiger charge is -2.38. The summed E-state index contributed by atoms with van der Waals surface area (Å²) in [6.45, 7) is 7.62. The number of pyridine rings is 1. The van der Waals surface area contributed by atoms with E-state index in [-0.39, 0.29) is 17.2 Å². The number of hydrogen-bond acceptors (Lipinski definition) is 5. The number of carboxylic acid groups (broad SMARTS) is 1. The van der Waals surface area contributed by atoms with Crippen molar-refractivity contribution in [3.05, 3.63) is 53.3 Å². The third-order valence-electron chi connectivity index (χ3n) is 5.45. The first-order chi connectivity index (χ1) is 12.9. The molecule has 0 bridgehead atoms. The highest BCUT2D eigenvalue weighted by molar-refractivity contribution is 5.86. The van der Waals surface area contributed by atoms with E-state index in [0.29, 0.717) is 0 Å². The molecule has 0 amide bonds. The second-order valence-corrected chi connectivity index (χ2v) is 7.88. The molecule has 1 aromatic heterocycles. The molecule has 1 fully saturated rings. The van der Waals surface area contributed by atoms with Gasteiger partial charge in [0.2, 0.25) is 0 Å². The molecule has 2 N–H and O–H groups in total. The highest BCUT2D eigenvalue weighted by atomic mass is 16.5. The lowest BCUT2D eigenvalue weighted by atomic mass is 9.76. The van der Waals surface area contributed by atoms with E-state index in [1.165, 1.54) is 11.3 Å². The number of aromatic nitrogens is 1. The minimum absolute atomic E-state index is 0.0939. The summed E-state index contributed by atoms with van der Waals surface area (Å²) in [6.07, 6.45) is 0.850. The summed E-state index contributed by atoms with van der Waals surface area (Å²) < 4.78 is 5.46. The van der Waals surface area contributed by atoms with E-state index in [1.807, 2.05) is 6.07 Å². The fraction of sp³-hybridized carbons (Fsp3) is 0.429. The van der Waals surface area contributed by atoms with Crippen LogP contribution in [0.25, 0.3) is 0 Å². The van der Waals surface area contributed by atoms with Crippen molar-refractivity contribution in [2.24, 2.45) is 0 Å². The molecule has 142 valence electrons. The van der Waals surface area contributed by atoms with Gasteiger partial charge in [0, 0.05) is 24.2 Å². The number of nitrogens with one attached hydrogen (secondary N) is 1. The maximum atomic E-state index is 11.3. The van der Waals surface area contributed by atoms with Crippen molar-refractivity contribution in [2.45, 2.75) is 31.7 Å². The van der Waals surface area contributed by atoms with Crippen LogP contribution in [0.15, 0.2) is 36.4 Å². The van der Waals surface area contributed by atoms with Crippen LogP contribution in [0.1, 0.15) is 48.1 Å². The summed E-state index contributed by atoms with van der Waals surface area (Å²) >= 11 is 0. The van der Waals surface area contributed by atoms with Crippen LogP contribution >= 0.6 is 0 Å². The molecule has 1 atom stereocenters. The van der Waals surface area contributed by atoms with Gasteiger partial charge in [-0.2, -0.15) is 0 Å². The number of carboxylic acids is 1. The lowest BCUT2D eigenvalue weighted by Crippen LogP contribution is -2.36. The van der Waals surface area contributed by atoms with E-state index >= 15 is 0 Å². The number of rotatable bonds is 3. The average Bonchev–Trinajstić information content (AvgIpc) is 2.68. The van der Waals surface area contributed by atoms with Gasteiger partial charge in [-0.05, 0) is 36.2 Å². The minimum Gasteiger partial charge on any atom is -0.477 e. The molecule has 2 aliphatic heterocycles. The van der Waals surface area contributed by atoms with Crippen LogP contribution in [0.3, 0.4) is 0 Å². The fourth-order valence-corrected chi connectivity index (χ4v) is 4.02. The summed E-state index contributed by atoms with van der Waals surface area (Å²) in [6, 6.07) is 12.2. The summed E-state index contributed by atoms with van der Waals surface area (Å²) in [4.78, 5) is 18.0. The van der Waals surface area contributed by atoms with E-state index in [4.69, 9.17) is 4.74 Å². The molecule has 0 radical (unpaired) electrons. The molecular weight excluding hydrogens is 342 g/mol. The molecule has 3 heterocycles. The van der Waals surface area contributed by atoms with E-state index in [9.17, 15) is 9.90 Å². The second-order valence-electron chi connectivity index (χ2n) is 7.88. The molecule has 6 heteroatoms. The molecule has 2 aliphatic rings. The Morgan fingerprint density at radius 3 is 2.78 bits per heavy atom. The number of benzene rings is 1. The van der Waals surface area contributed by atoms with Crippen LogP contribution in [0.5, 0.6) is 0 Å². The highest BCUT2D eigenvalue weighted by Crippen LogP contribution is 2.43. The van der Waals surface area contributed by atoms with Crippen molar-refractivity contribution < 1.29 is 14.6 Å². The number of nitrogens with zero attached hydrogens (tertiary/aromatic N) is 2. The zero-order valence-corrected chi connectivity index (χ0v) is 15.7. The lowest BCUT2D eigenvalue weighted by molar-refractivity contribution is 0.0690. The number of aromatic carboxylic acids is 1. The Hall–Kier alpha value is -2.60. The van der Waals surface area contributed by atoms with Crippen molar-refractivity contribution in [1.82, 2.24) is 4.98 Å². The number of carbonyl (C=O) groups is 1. The molecule has 1 unspecified atom stereocenters. The first-order valence-electron chi connectivity index (χ1n) is 9.38. The monoisotopic (exact) mass is 367 g/mol. The Labute approximate surface area is 159 Å². The maximum absolute atomic E-state index is 11.3. The summed E-state index contributed by atoms with van der Waals surface area (Å²) in [7, 11) is 0. The van der Waals surface area contributed by atoms with E-state index in [1.54, 1.807) is 6.07 Å². The topological polar surface area (TPSA) is 74.7 Å². The van der Waals surface area contributed by atoms with Crippen LogP contribution in [-0.2, 0) is 10.2 Å². The fourth-order valence-electron chi connectivity index (χ4n) is 4.02. The molecule has 0 aliphatic carbocycles. The Morgan fingerprint density at radius 1 is 1.26 bits per heavy atom. The Balaban J connectivity index is 1.63. The molecule has 1 aromatic carbocycles. The normalized spacial score (nSPS) is 21.3. The van der Waals surface area contributed by atoms with Crippen molar-refractivity contribution >= 4 is 17.3 Å². The maximum Gasteiger partial charge on any atom is 0.354 e. The zero-order chi connectivity index (χ0) is 19.0. The second kappa shape index (κ2) is 6.85. The van der Waals surface area contributed by atoms with Gasteiger partial charge in [0.25, 0.3) is 0 Å². The summed E-state index contributed by atoms with van der Waals surface area (Å²) in [5.74, 6) is -0.992. The standard InChI is InChI=1S/C21H25N3O3/c1-21(2)13-18(22-16-6-7-17(20(25)26)23-19(16)21)14-4-3-5-15(12-14)24-8-10-27-11-9-24/h3-7,12,18,22H,8-11,13H2,1-2H3,(H,25,26). The number of anilines is 2. The highest BCUT2D eigenvalue weighted by Gasteiger charge is 2.35. The smallest absolute Gasteiger partial charge is 0.354 e. The largest absolute Gasteiger partial charge is 0.477 e. The molecule has 27 heavy (non-hydrogen) atoms. The molecule has 1 saturated heterocycles. The number of fused-ring (bicyclic) bond motifs is 1. The first kappa shape index (κ1) is 17.8. The molecule has 6 nitrogen and oxygen atoms in total. The predicted molar refractivity (Wildman–Crippen MR) is 105 cm³/mol. The first-order valence-corrected chi connectivity index (χ1v) is 9.38. The third kappa shape index (κ3) is 3.49. The van der Waals surface area contributed by atoms with Crippen LogP contribution in [0.4, 0.5) is 11.4 Å². The number of morpholine rings is 1. The summed E-state index contributed by atoms with van der Waals surface area (Å²) in [5.41, 5.74) is 4.07. The Kier molecular flexibility index (Phi) is 4.52. The zero-order valence-electron chi connectivity index (χ0n) is 15.7. The molecule has 0 saturated carbocycles. The van der Waals surface area contributed by atoms with Gasteiger partial charge in [0.1, 0.15) is 5.69 Å². The predicted octanol–water partition coefficient (Wildman–Crippen LogP) is 3.45. The molecule has 2 aromatic rings. The SMILES string of the molecule is CC1(C)CC(c2cccc(N3CCOCC3)c2)Nc2ccc(C(=O)O)nc21. The van der Waals surface area contributed by atoms with Gasteiger partial charge in [-0.15, -0.1) is 0 Å². The third-order valence-corrected chi connectivity index (χ3v) is 5.45. The molecular formula is C21H25N3O3. The van der Waals surface area contributed by atoms with E-state index in [0.717, 1.165) is 44.1 Å². The van der Waals surface area contributed by atoms with Crippen molar-refractivity contribution in [1.29, 1.82) is 0 Å².